The Labute approximate surface area is 114 Å². The van der Waals surface area contributed by atoms with Crippen molar-refractivity contribution < 1.29 is 13.9 Å². The molecule has 1 aromatic carbocycles. The lowest BCUT2D eigenvalue weighted by atomic mass is 9.95. The van der Waals surface area contributed by atoms with E-state index < -0.39 is 0 Å². The third kappa shape index (κ3) is 3.45. The monoisotopic (exact) mass is 267 g/mol. The molecule has 2 unspecified atom stereocenters. The Morgan fingerprint density at radius 2 is 2.32 bits per heavy atom. The minimum absolute atomic E-state index is 0.0524. The number of likely N-dealkylation sites (N-methyl/N-ethyl adjacent to an activating group) is 1. The number of benzene rings is 1. The maximum atomic E-state index is 14.2. The Balaban J connectivity index is 2.22. The van der Waals surface area contributed by atoms with Gasteiger partial charge in [0.15, 0.2) is 0 Å². The van der Waals surface area contributed by atoms with Crippen LogP contribution in [0.15, 0.2) is 18.2 Å². The number of nitrogens with one attached hydrogen (secondary N) is 1. The van der Waals surface area contributed by atoms with Gasteiger partial charge >= 0.3 is 0 Å². The van der Waals surface area contributed by atoms with Crippen LogP contribution in [-0.4, -0.2) is 26.4 Å². The van der Waals surface area contributed by atoms with Crippen molar-refractivity contribution in [3.8, 4) is 5.75 Å². The van der Waals surface area contributed by atoms with Crippen molar-refractivity contribution >= 4 is 0 Å². The number of ether oxygens (including phenoxy) is 2. The minimum atomic E-state index is -0.237. The van der Waals surface area contributed by atoms with E-state index in [0.717, 1.165) is 32.4 Å². The molecule has 2 atom stereocenters. The van der Waals surface area contributed by atoms with E-state index >= 15 is 0 Å². The largest absolute Gasteiger partial charge is 0.497 e. The molecule has 1 aliphatic rings. The molecule has 0 bridgehead atoms. The molecule has 0 radical (unpaired) electrons. The maximum Gasteiger partial charge on any atom is 0.131 e. The van der Waals surface area contributed by atoms with Crippen LogP contribution in [0.2, 0.25) is 0 Å². The Kier molecular flexibility index (Phi) is 5.16. The first kappa shape index (κ1) is 14.3. The van der Waals surface area contributed by atoms with E-state index in [2.05, 4.69) is 5.32 Å². The SMILES string of the molecule is CCNC(c1ccc(OC)cc1F)C1CCCCO1. The van der Waals surface area contributed by atoms with Crippen molar-refractivity contribution in [3.63, 3.8) is 0 Å². The van der Waals surface area contributed by atoms with Gasteiger partial charge in [-0.25, -0.2) is 4.39 Å². The lowest BCUT2D eigenvalue weighted by molar-refractivity contribution is -0.00858. The van der Waals surface area contributed by atoms with Crippen LogP contribution in [0.25, 0.3) is 0 Å². The summed E-state index contributed by atoms with van der Waals surface area (Å²) in [5.74, 6) is 0.306. The summed E-state index contributed by atoms with van der Waals surface area (Å²) in [5.41, 5.74) is 0.662. The molecular formula is C15H22FNO2. The zero-order valence-corrected chi connectivity index (χ0v) is 11.6. The van der Waals surface area contributed by atoms with Crippen molar-refractivity contribution in [2.75, 3.05) is 20.3 Å². The highest BCUT2D eigenvalue weighted by Gasteiger charge is 2.27. The van der Waals surface area contributed by atoms with Gasteiger partial charge < -0.3 is 14.8 Å². The number of methoxy groups -OCH3 is 1. The second-order valence-corrected chi connectivity index (χ2v) is 4.83. The first-order chi connectivity index (χ1) is 9.26. The molecule has 0 spiro atoms. The lowest BCUT2D eigenvalue weighted by Gasteiger charge is -2.31. The van der Waals surface area contributed by atoms with Crippen LogP contribution in [-0.2, 0) is 4.74 Å². The van der Waals surface area contributed by atoms with Gasteiger partial charge in [0, 0.05) is 18.2 Å². The van der Waals surface area contributed by atoms with Crippen LogP contribution in [0.5, 0.6) is 5.75 Å². The Morgan fingerprint density at radius 3 is 2.89 bits per heavy atom. The summed E-state index contributed by atoms with van der Waals surface area (Å²) in [5, 5.41) is 3.34. The molecule has 0 amide bonds. The highest BCUT2D eigenvalue weighted by molar-refractivity contribution is 5.31. The molecule has 1 aliphatic heterocycles. The smallest absolute Gasteiger partial charge is 0.131 e. The molecule has 0 aromatic heterocycles. The van der Waals surface area contributed by atoms with Gasteiger partial charge in [-0.15, -0.1) is 0 Å². The average Bonchev–Trinajstić information content (AvgIpc) is 2.46. The van der Waals surface area contributed by atoms with E-state index in [4.69, 9.17) is 9.47 Å². The molecule has 3 nitrogen and oxygen atoms in total. The lowest BCUT2D eigenvalue weighted by Crippen LogP contribution is -2.36. The van der Waals surface area contributed by atoms with Gasteiger partial charge in [0.1, 0.15) is 11.6 Å². The molecule has 1 fully saturated rings. The summed E-state index contributed by atoms with van der Waals surface area (Å²) in [6, 6.07) is 4.93. The molecular weight excluding hydrogens is 245 g/mol. The standard InChI is InChI=1S/C15H22FNO2/c1-3-17-15(14-6-4-5-9-19-14)12-8-7-11(18-2)10-13(12)16/h7-8,10,14-15,17H,3-6,9H2,1-2H3. The van der Waals surface area contributed by atoms with Crippen LogP contribution in [0.3, 0.4) is 0 Å². The Bertz CT molecular complexity index is 405. The third-order valence-corrected chi connectivity index (χ3v) is 3.55. The summed E-state index contributed by atoms with van der Waals surface area (Å²) >= 11 is 0. The Morgan fingerprint density at radius 1 is 1.47 bits per heavy atom. The van der Waals surface area contributed by atoms with E-state index in [9.17, 15) is 4.39 Å². The van der Waals surface area contributed by atoms with Gasteiger partial charge in [-0.1, -0.05) is 13.0 Å². The quantitative estimate of drug-likeness (QED) is 0.889. The molecule has 1 aromatic rings. The zero-order valence-electron chi connectivity index (χ0n) is 11.6. The minimum Gasteiger partial charge on any atom is -0.497 e. The normalized spacial score (nSPS) is 21.1. The van der Waals surface area contributed by atoms with E-state index in [1.165, 1.54) is 6.07 Å². The van der Waals surface area contributed by atoms with Crippen molar-refractivity contribution in [1.82, 2.24) is 5.32 Å². The van der Waals surface area contributed by atoms with Crippen LogP contribution in [0.1, 0.15) is 37.8 Å². The topological polar surface area (TPSA) is 30.5 Å². The van der Waals surface area contributed by atoms with Crippen LogP contribution >= 0.6 is 0 Å². The van der Waals surface area contributed by atoms with Gasteiger partial charge in [-0.05, 0) is 31.9 Å². The van der Waals surface area contributed by atoms with Crippen LogP contribution in [0, 0.1) is 5.82 Å². The highest BCUT2D eigenvalue weighted by atomic mass is 19.1. The predicted octanol–water partition coefficient (Wildman–Crippen LogP) is 3.05. The van der Waals surface area contributed by atoms with Gasteiger partial charge in [0.25, 0.3) is 0 Å². The molecule has 1 N–H and O–H groups in total. The summed E-state index contributed by atoms with van der Waals surface area (Å²) in [6.07, 6.45) is 3.27. The van der Waals surface area contributed by atoms with E-state index in [1.807, 2.05) is 6.92 Å². The summed E-state index contributed by atoms with van der Waals surface area (Å²) in [6.45, 7) is 3.58. The van der Waals surface area contributed by atoms with E-state index in [1.54, 1.807) is 19.2 Å². The fraction of sp³-hybridized carbons (Fsp3) is 0.600. The average molecular weight is 267 g/mol. The number of rotatable bonds is 5. The van der Waals surface area contributed by atoms with Gasteiger partial charge in [0.2, 0.25) is 0 Å². The fourth-order valence-electron chi connectivity index (χ4n) is 2.58. The predicted molar refractivity (Wildman–Crippen MR) is 73.0 cm³/mol. The molecule has 1 heterocycles. The van der Waals surface area contributed by atoms with E-state index in [0.29, 0.717) is 11.3 Å². The molecule has 0 saturated carbocycles. The summed E-state index contributed by atoms with van der Waals surface area (Å²) < 4.78 is 25.0. The second-order valence-electron chi connectivity index (χ2n) is 4.83. The summed E-state index contributed by atoms with van der Waals surface area (Å²) in [4.78, 5) is 0. The number of hydrogen-bond donors (Lipinski definition) is 1. The molecule has 4 heteroatoms. The van der Waals surface area contributed by atoms with Crippen molar-refractivity contribution in [2.24, 2.45) is 0 Å². The van der Waals surface area contributed by atoms with Gasteiger partial charge in [-0.3, -0.25) is 0 Å². The molecule has 2 rings (SSSR count). The molecule has 1 saturated heterocycles. The van der Waals surface area contributed by atoms with Crippen LogP contribution in [0.4, 0.5) is 4.39 Å². The maximum absolute atomic E-state index is 14.2. The molecule has 0 aliphatic carbocycles. The fourth-order valence-corrected chi connectivity index (χ4v) is 2.58. The first-order valence-corrected chi connectivity index (χ1v) is 6.94. The number of hydrogen-bond acceptors (Lipinski definition) is 3. The van der Waals surface area contributed by atoms with Crippen molar-refractivity contribution in [1.29, 1.82) is 0 Å². The second kappa shape index (κ2) is 6.87. The summed E-state index contributed by atoms with van der Waals surface area (Å²) in [7, 11) is 1.54. The van der Waals surface area contributed by atoms with Crippen molar-refractivity contribution in [2.45, 2.75) is 38.3 Å². The van der Waals surface area contributed by atoms with Crippen LogP contribution < -0.4 is 10.1 Å². The number of halogens is 1. The van der Waals surface area contributed by atoms with Gasteiger partial charge in [-0.2, -0.15) is 0 Å². The highest BCUT2D eigenvalue weighted by Crippen LogP contribution is 2.29. The van der Waals surface area contributed by atoms with E-state index in [-0.39, 0.29) is 18.0 Å². The third-order valence-electron chi connectivity index (χ3n) is 3.55. The van der Waals surface area contributed by atoms with Crippen molar-refractivity contribution in [3.05, 3.63) is 29.6 Å². The molecule has 19 heavy (non-hydrogen) atoms. The van der Waals surface area contributed by atoms with Gasteiger partial charge in [0.05, 0.1) is 19.3 Å². The zero-order chi connectivity index (χ0) is 13.7. The molecule has 106 valence electrons. The first-order valence-electron chi connectivity index (χ1n) is 6.94. The Hall–Kier alpha value is -1.13.